The number of fused-ring (bicyclic) bond motifs is 1. The van der Waals surface area contributed by atoms with Gasteiger partial charge in [-0.05, 0) is 44.2 Å². The summed E-state index contributed by atoms with van der Waals surface area (Å²) in [5.41, 5.74) is 1.62. The fourth-order valence-corrected chi connectivity index (χ4v) is 3.97. The van der Waals surface area contributed by atoms with Gasteiger partial charge >= 0.3 is 6.01 Å². The third-order valence-electron chi connectivity index (χ3n) is 5.91. The number of amides is 1. The molecule has 1 aliphatic rings. The van der Waals surface area contributed by atoms with Crippen LogP contribution in [0.25, 0.3) is 22.4 Å². The average Bonchev–Trinajstić information content (AvgIpc) is 3.34. The van der Waals surface area contributed by atoms with Crippen LogP contribution in [0.2, 0.25) is 0 Å². The first-order chi connectivity index (χ1) is 17.3. The van der Waals surface area contributed by atoms with E-state index in [2.05, 4.69) is 19.9 Å². The van der Waals surface area contributed by atoms with E-state index in [-0.39, 0.29) is 35.4 Å². The van der Waals surface area contributed by atoms with Crippen molar-refractivity contribution >= 4 is 22.9 Å². The minimum Gasteiger partial charge on any atom is -0.421 e. The lowest BCUT2D eigenvalue weighted by Gasteiger charge is -2.36. The number of morpholine rings is 1. The van der Waals surface area contributed by atoms with Gasteiger partial charge in [0.1, 0.15) is 5.65 Å². The van der Waals surface area contributed by atoms with Gasteiger partial charge in [-0.3, -0.25) is 4.79 Å². The summed E-state index contributed by atoms with van der Waals surface area (Å²) >= 11 is 0. The SMILES string of the molecule is C[C@H]1CN(c2nc(Oc3ccc(C(=O)N(C)C)cc3F)nc(-c3cnc4[nH]ccc4c3)n2)[C@@H](C)CO1. The van der Waals surface area contributed by atoms with E-state index in [1.165, 1.54) is 17.0 Å². The molecule has 186 valence electrons. The molecule has 4 aromatic rings. The normalized spacial score (nSPS) is 17.9. The molecular formula is C25H26FN7O3. The van der Waals surface area contributed by atoms with Crippen molar-refractivity contribution in [3.8, 4) is 23.1 Å². The van der Waals surface area contributed by atoms with E-state index in [4.69, 9.17) is 14.5 Å². The fourth-order valence-electron chi connectivity index (χ4n) is 3.97. The van der Waals surface area contributed by atoms with Gasteiger partial charge in [0.25, 0.3) is 5.91 Å². The molecule has 0 spiro atoms. The highest BCUT2D eigenvalue weighted by Gasteiger charge is 2.27. The third-order valence-corrected chi connectivity index (χ3v) is 5.91. The van der Waals surface area contributed by atoms with Gasteiger partial charge in [-0.25, -0.2) is 9.37 Å². The Morgan fingerprint density at radius 1 is 1.19 bits per heavy atom. The summed E-state index contributed by atoms with van der Waals surface area (Å²) in [6, 6.07) is 7.79. The molecule has 5 rings (SSSR count). The summed E-state index contributed by atoms with van der Waals surface area (Å²) in [4.78, 5) is 36.7. The van der Waals surface area contributed by atoms with Gasteiger partial charge in [-0.1, -0.05) is 0 Å². The number of H-pyrrole nitrogens is 1. The predicted octanol–water partition coefficient (Wildman–Crippen LogP) is 3.66. The van der Waals surface area contributed by atoms with Crippen LogP contribution in [0.15, 0.2) is 42.7 Å². The molecule has 1 aliphatic heterocycles. The van der Waals surface area contributed by atoms with Crippen molar-refractivity contribution in [2.75, 3.05) is 32.1 Å². The quantitative estimate of drug-likeness (QED) is 0.451. The second-order valence-electron chi connectivity index (χ2n) is 8.97. The number of aromatic amines is 1. The smallest absolute Gasteiger partial charge is 0.327 e. The van der Waals surface area contributed by atoms with E-state index in [9.17, 15) is 9.18 Å². The lowest BCUT2D eigenvalue weighted by molar-refractivity contribution is 0.0336. The Kier molecular flexibility index (Phi) is 6.23. The van der Waals surface area contributed by atoms with Gasteiger partial charge in [-0.2, -0.15) is 15.0 Å². The zero-order chi connectivity index (χ0) is 25.4. The van der Waals surface area contributed by atoms with Crippen LogP contribution in [0.1, 0.15) is 24.2 Å². The maximum absolute atomic E-state index is 14.9. The molecular weight excluding hydrogens is 465 g/mol. The number of hydrogen-bond donors (Lipinski definition) is 1. The zero-order valence-corrected chi connectivity index (χ0v) is 20.4. The highest BCUT2D eigenvalue weighted by atomic mass is 19.1. The molecule has 36 heavy (non-hydrogen) atoms. The molecule has 0 unspecified atom stereocenters. The van der Waals surface area contributed by atoms with Crippen LogP contribution in [-0.2, 0) is 4.74 Å². The molecule has 1 aromatic carbocycles. The van der Waals surface area contributed by atoms with Gasteiger partial charge in [0.05, 0.1) is 18.8 Å². The molecule has 10 nitrogen and oxygen atoms in total. The Balaban J connectivity index is 1.55. The first kappa shape index (κ1) is 23.6. The Morgan fingerprint density at radius 2 is 2.03 bits per heavy atom. The number of carbonyl (C=O) groups excluding carboxylic acids is 1. The summed E-state index contributed by atoms with van der Waals surface area (Å²) in [5.74, 6) is -0.373. The number of aromatic nitrogens is 5. The highest BCUT2D eigenvalue weighted by Crippen LogP contribution is 2.29. The summed E-state index contributed by atoms with van der Waals surface area (Å²) in [5, 5.41) is 0.900. The van der Waals surface area contributed by atoms with Crippen LogP contribution >= 0.6 is 0 Å². The van der Waals surface area contributed by atoms with Crippen molar-refractivity contribution in [3.63, 3.8) is 0 Å². The number of nitrogens with one attached hydrogen (secondary N) is 1. The van der Waals surface area contributed by atoms with Crippen molar-refractivity contribution in [3.05, 3.63) is 54.1 Å². The molecule has 1 amide bonds. The first-order valence-corrected chi connectivity index (χ1v) is 11.6. The Morgan fingerprint density at radius 3 is 2.81 bits per heavy atom. The van der Waals surface area contributed by atoms with Crippen LogP contribution in [0.5, 0.6) is 11.8 Å². The number of carbonyl (C=O) groups is 1. The lowest BCUT2D eigenvalue weighted by Crippen LogP contribution is -2.48. The molecule has 0 saturated carbocycles. The van der Waals surface area contributed by atoms with Crippen molar-refractivity contribution in [2.45, 2.75) is 26.0 Å². The minimum absolute atomic E-state index is 0.0112. The Labute approximate surface area is 207 Å². The highest BCUT2D eigenvalue weighted by molar-refractivity contribution is 5.94. The minimum atomic E-state index is -0.699. The number of anilines is 1. The molecule has 1 N–H and O–H groups in total. The van der Waals surface area contributed by atoms with E-state index < -0.39 is 5.82 Å². The van der Waals surface area contributed by atoms with E-state index in [0.717, 1.165) is 17.1 Å². The second-order valence-corrected chi connectivity index (χ2v) is 8.97. The predicted molar refractivity (Wildman–Crippen MR) is 132 cm³/mol. The number of benzene rings is 1. The maximum Gasteiger partial charge on any atom is 0.327 e. The van der Waals surface area contributed by atoms with Gasteiger partial charge in [-0.15, -0.1) is 0 Å². The molecule has 0 bridgehead atoms. The van der Waals surface area contributed by atoms with E-state index >= 15 is 0 Å². The van der Waals surface area contributed by atoms with Gasteiger partial charge in [0, 0.05) is 49.5 Å². The number of ether oxygens (including phenoxy) is 2. The number of hydrogen-bond acceptors (Lipinski definition) is 8. The third kappa shape index (κ3) is 4.69. The van der Waals surface area contributed by atoms with E-state index in [0.29, 0.717) is 30.5 Å². The van der Waals surface area contributed by atoms with Crippen molar-refractivity contribution < 1.29 is 18.7 Å². The summed E-state index contributed by atoms with van der Waals surface area (Å²) in [7, 11) is 3.21. The largest absolute Gasteiger partial charge is 0.421 e. The summed E-state index contributed by atoms with van der Waals surface area (Å²) in [6.45, 7) is 5.09. The van der Waals surface area contributed by atoms with Crippen molar-refractivity contribution in [1.82, 2.24) is 29.8 Å². The zero-order valence-electron chi connectivity index (χ0n) is 20.4. The number of halogens is 1. The molecule has 3 aromatic heterocycles. The first-order valence-electron chi connectivity index (χ1n) is 11.6. The van der Waals surface area contributed by atoms with Gasteiger partial charge < -0.3 is 24.3 Å². The number of pyridine rings is 1. The number of rotatable bonds is 5. The molecule has 0 radical (unpaired) electrons. The monoisotopic (exact) mass is 491 g/mol. The summed E-state index contributed by atoms with van der Waals surface area (Å²) < 4.78 is 26.4. The molecule has 0 aliphatic carbocycles. The van der Waals surface area contributed by atoms with Crippen LogP contribution in [0.3, 0.4) is 0 Å². The molecule has 4 heterocycles. The van der Waals surface area contributed by atoms with Crippen LogP contribution in [0.4, 0.5) is 10.3 Å². The molecule has 1 fully saturated rings. The number of nitrogens with zero attached hydrogens (tertiary/aromatic N) is 6. The van der Waals surface area contributed by atoms with Gasteiger partial charge in [0.15, 0.2) is 17.4 Å². The standard InChI is InChI=1S/C25H26FN7O3/c1-14-13-35-15(2)12-33(14)24-29-22(18-9-16-7-8-27-21(16)28-11-18)30-25(31-24)36-20-6-5-17(10-19(20)26)23(34)32(3)4/h5-11,14-15H,12-13H2,1-4H3,(H,27,28)/t14-,15-/m0/s1. The van der Waals surface area contributed by atoms with Crippen molar-refractivity contribution in [2.24, 2.45) is 0 Å². The molecule has 1 saturated heterocycles. The topological polar surface area (TPSA) is 109 Å². The average molecular weight is 492 g/mol. The van der Waals surface area contributed by atoms with Crippen LogP contribution in [0, 0.1) is 5.82 Å². The van der Waals surface area contributed by atoms with Crippen LogP contribution < -0.4 is 9.64 Å². The maximum atomic E-state index is 14.9. The summed E-state index contributed by atoms with van der Waals surface area (Å²) in [6.07, 6.45) is 3.46. The van der Waals surface area contributed by atoms with E-state index in [1.54, 1.807) is 26.5 Å². The van der Waals surface area contributed by atoms with Crippen molar-refractivity contribution in [1.29, 1.82) is 0 Å². The fraction of sp³-hybridized carbons (Fsp3) is 0.320. The molecule has 2 atom stereocenters. The second kappa shape index (κ2) is 9.50. The van der Waals surface area contributed by atoms with Crippen LogP contribution in [-0.4, -0.2) is 75.1 Å². The lowest BCUT2D eigenvalue weighted by atomic mass is 10.2. The Bertz CT molecular complexity index is 1420. The molecule has 11 heteroatoms. The van der Waals surface area contributed by atoms with Gasteiger partial charge in [0.2, 0.25) is 5.95 Å². The van der Waals surface area contributed by atoms with E-state index in [1.807, 2.05) is 30.9 Å². The Hall–Kier alpha value is -4.12.